The Morgan fingerprint density at radius 1 is 1.38 bits per heavy atom. The first-order valence-electron chi connectivity index (χ1n) is 5.84. The SMILES string of the molecule is CCOCCNC(=O)C1(N)CCCCC1.Cl. The fourth-order valence-electron chi connectivity index (χ4n) is 1.97. The summed E-state index contributed by atoms with van der Waals surface area (Å²) in [5, 5.41) is 2.84. The summed E-state index contributed by atoms with van der Waals surface area (Å²) in [5.41, 5.74) is 5.44. The van der Waals surface area contributed by atoms with E-state index in [-0.39, 0.29) is 18.3 Å². The molecule has 0 aliphatic heterocycles. The van der Waals surface area contributed by atoms with Gasteiger partial charge in [0.1, 0.15) is 0 Å². The van der Waals surface area contributed by atoms with Gasteiger partial charge in [-0.1, -0.05) is 19.3 Å². The molecule has 0 aromatic carbocycles. The van der Waals surface area contributed by atoms with Gasteiger partial charge in [-0.15, -0.1) is 12.4 Å². The van der Waals surface area contributed by atoms with Crippen molar-refractivity contribution < 1.29 is 9.53 Å². The summed E-state index contributed by atoms with van der Waals surface area (Å²) in [7, 11) is 0. The molecule has 0 heterocycles. The van der Waals surface area contributed by atoms with E-state index in [1.165, 1.54) is 6.42 Å². The van der Waals surface area contributed by atoms with E-state index < -0.39 is 5.54 Å². The minimum Gasteiger partial charge on any atom is -0.380 e. The molecule has 0 aromatic rings. The van der Waals surface area contributed by atoms with Crippen LogP contribution >= 0.6 is 12.4 Å². The Morgan fingerprint density at radius 3 is 2.56 bits per heavy atom. The molecule has 0 radical (unpaired) electrons. The number of rotatable bonds is 5. The van der Waals surface area contributed by atoms with Crippen LogP contribution in [0.4, 0.5) is 0 Å². The largest absolute Gasteiger partial charge is 0.380 e. The standard InChI is InChI=1S/C11H22N2O2.ClH/c1-2-15-9-8-13-10(14)11(12)6-4-3-5-7-11;/h2-9,12H2,1H3,(H,13,14);1H. The highest BCUT2D eigenvalue weighted by Gasteiger charge is 2.34. The van der Waals surface area contributed by atoms with Crippen molar-refractivity contribution in [3.05, 3.63) is 0 Å². The van der Waals surface area contributed by atoms with Gasteiger partial charge in [-0.2, -0.15) is 0 Å². The zero-order valence-corrected chi connectivity index (χ0v) is 10.8. The van der Waals surface area contributed by atoms with Crippen molar-refractivity contribution in [2.75, 3.05) is 19.8 Å². The zero-order valence-electron chi connectivity index (χ0n) is 9.96. The molecule has 4 nitrogen and oxygen atoms in total. The highest BCUT2D eigenvalue weighted by molar-refractivity contribution is 5.86. The third-order valence-electron chi connectivity index (χ3n) is 2.93. The fraction of sp³-hybridized carbons (Fsp3) is 0.909. The lowest BCUT2D eigenvalue weighted by atomic mass is 9.82. The monoisotopic (exact) mass is 250 g/mol. The molecule has 0 bridgehead atoms. The van der Waals surface area contributed by atoms with Crippen molar-refractivity contribution >= 4 is 18.3 Å². The molecule has 1 amide bonds. The molecule has 0 atom stereocenters. The van der Waals surface area contributed by atoms with Crippen molar-refractivity contribution in [1.82, 2.24) is 5.32 Å². The maximum atomic E-state index is 11.8. The number of amides is 1. The second kappa shape index (κ2) is 7.87. The van der Waals surface area contributed by atoms with E-state index in [1.54, 1.807) is 0 Å². The molecule has 1 rings (SSSR count). The van der Waals surface area contributed by atoms with Crippen LogP contribution in [0.15, 0.2) is 0 Å². The lowest BCUT2D eigenvalue weighted by molar-refractivity contribution is -0.127. The van der Waals surface area contributed by atoms with Gasteiger partial charge in [0.2, 0.25) is 5.91 Å². The maximum absolute atomic E-state index is 11.8. The third-order valence-corrected chi connectivity index (χ3v) is 2.93. The van der Waals surface area contributed by atoms with Crippen molar-refractivity contribution in [2.24, 2.45) is 5.73 Å². The topological polar surface area (TPSA) is 64.3 Å². The van der Waals surface area contributed by atoms with Crippen LogP contribution in [0.25, 0.3) is 0 Å². The Morgan fingerprint density at radius 2 is 2.00 bits per heavy atom. The molecule has 96 valence electrons. The smallest absolute Gasteiger partial charge is 0.240 e. The van der Waals surface area contributed by atoms with Crippen LogP contribution in [0.3, 0.4) is 0 Å². The number of carbonyl (C=O) groups excluding carboxylic acids is 1. The zero-order chi connectivity index (χ0) is 11.1. The number of halogens is 1. The van der Waals surface area contributed by atoms with Gasteiger partial charge < -0.3 is 15.8 Å². The predicted molar refractivity (Wildman–Crippen MR) is 66.8 cm³/mol. The summed E-state index contributed by atoms with van der Waals surface area (Å²) in [6.07, 6.45) is 4.96. The first-order valence-corrected chi connectivity index (χ1v) is 5.84. The molecule has 0 saturated heterocycles. The molecule has 3 N–H and O–H groups in total. The Bertz CT molecular complexity index is 206. The van der Waals surface area contributed by atoms with Crippen LogP contribution in [0.2, 0.25) is 0 Å². The van der Waals surface area contributed by atoms with Crippen molar-refractivity contribution in [3.63, 3.8) is 0 Å². The van der Waals surface area contributed by atoms with Crippen LogP contribution in [-0.4, -0.2) is 31.2 Å². The third kappa shape index (κ3) is 4.68. The number of hydrogen-bond donors (Lipinski definition) is 2. The molecule has 16 heavy (non-hydrogen) atoms. The van der Waals surface area contributed by atoms with E-state index in [2.05, 4.69) is 5.32 Å². The number of ether oxygens (including phenoxy) is 1. The lowest BCUT2D eigenvalue weighted by Crippen LogP contribution is -2.55. The first-order chi connectivity index (χ1) is 7.19. The summed E-state index contributed by atoms with van der Waals surface area (Å²) in [6, 6.07) is 0. The molecule has 1 aliphatic carbocycles. The average Bonchev–Trinajstić information content (AvgIpc) is 2.25. The van der Waals surface area contributed by atoms with Crippen molar-refractivity contribution in [3.8, 4) is 0 Å². The van der Waals surface area contributed by atoms with E-state index >= 15 is 0 Å². The van der Waals surface area contributed by atoms with E-state index in [0.717, 1.165) is 25.7 Å². The number of nitrogens with one attached hydrogen (secondary N) is 1. The lowest BCUT2D eigenvalue weighted by Gasteiger charge is -2.31. The van der Waals surface area contributed by atoms with Gasteiger partial charge in [0.25, 0.3) is 0 Å². The number of carbonyl (C=O) groups is 1. The quantitative estimate of drug-likeness (QED) is 0.722. The molecule has 0 aromatic heterocycles. The molecule has 0 spiro atoms. The Hall–Kier alpha value is -0.320. The first kappa shape index (κ1) is 15.7. The highest BCUT2D eigenvalue weighted by Crippen LogP contribution is 2.25. The van der Waals surface area contributed by atoms with Gasteiger partial charge in [-0.25, -0.2) is 0 Å². The van der Waals surface area contributed by atoms with E-state index in [4.69, 9.17) is 10.5 Å². The van der Waals surface area contributed by atoms with Crippen LogP contribution in [-0.2, 0) is 9.53 Å². The Balaban J connectivity index is 0.00000225. The second-order valence-corrected chi connectivity index (χ2v) is 4.17. The van der Waals surface area contributed by atoms with Crippen LogP contribution < -0.4 is 11.1 Å². The van der Waals surface area contributed by atoms with Gasteiger partial charge in [0.05, 0.1) is 12.1 Å². The summed E-state index contributed by atoms with van der Waals surface area (Å²) in [6.45, 7) is 3.75. The Kier molecular flexibility index (Phi) is 7.72. The minimum absolute atomic E-state index is 0. The number of hydrogen-bond acceptors (Lipinski definition) is 3. The molecule has 1 fully saturated rings. The summed E-state index contributed by atoms with van der Waals surface area (Å²) in [4.78, 5) is 11.8. The normalized spacial score (nSPS) is 18.6. The minimum atomic E-state index is -0.621. The van der Waals surface area contributed by atoms with Gasteiger partial charge in [0.15, 0.2) is 0 Å². The molecule has 1 aliphatic rings. The van der Waals surface area contributed by atoms with Crippen LogP contribution in [0.1, 0.15) is 39.0 Å². The summed E-state index contributed by atoms with van der Waals surface area (Å²) in [5.74, 6) is -0.0121. The molecule has 5 heteroatoms. The highest BCUT2D eigenvalue weighted by atomic mass is 35.5. The van der Waals surface area contributed by atoms with Gasteiger partial charge in [0, 0.05) is 13.2 Å². The van der Waals surface area contributed by atoms with Crippen molar-refractivity contribution in [1.29, 1.82) is 0 Å². The number of nitrogens with two attached hydrogens (primary N) is 1. The van der Waals surface area contributed by atoms with Gasteiger partial charge in [-0.3, -0.25) is 4.79 Å². The van der Waals surface area contributed by atoms with Gasteiger partial charge in [-0.05, 0) is 19.8 Å². The maximum Gasteiger partial charge on any atom is 0.240 e. The fourth-order valence-corrected chi connectivity index (χ4v) is 1.97. The van der Waals surface area contributed by atoms with E-state index in [0.29, 0.717) is 19.8 Å². The van der Waals surface area contributed by atoms with Crippen LogP contribution in [0, 0.1) is 0 Å². The Labute approximate surface area is 104 Å². The van der Waals surface area contributed by atoms with E-state index in [9.17, 15) is 4.79 Å². The summed E-state index contributed by atoms with van der Waals surface area (Å²) >= 11 is 0. The molecular weight excluding hydrogens is 228 g/mol. The van der Waals surface area contributed by atoms with Gasteiger partial charge >= 0.3 is 0 Å². The summed E-state index contributed by atoms with van der Waals surface area (Å²) < 4.78 is 5.15. The van der Waals surface area contributed by atoms with E-state index in [1.807, 2.05) is 6.92 Å². The molecule has 0 unspecified atom stereocenters. The second-order valence-electron chi connectivity index (χ2n) is 4.17. The average molecular weight is 251 g/mol. The predicted octanol–water partition coefficient (Wildman–Crippen LogP) is 1.22. The molecule has 1 saturated carbocycles. The van der Waals surface area contributed by atoms with Crippen molar-refractivity contribution in [2.45, 2.75) is 44.6 Å². The van der Waals surface area contributed by atoms with Crippen LogP contribution in [0.5, 0.6) is 0 Å². The molecular formula is C11H23ClN2O2.